The predicted octanol–water partition coefficient (Wildman–Crippen LogP) is 3.68. The van der Waals surface area contributed by atoms with Crippen molar-refractivity contribution in [3.63, 3.8) is 0 Å². The van der Waals surface area contributed by atoms with Gasteiger partial charge in [0.15, 0.2) is 0 Å². The first-order valence-corrected chi connectivity index (χ1v) is 7.87. The van der Waals surface area contributed by atoms with Crippen LogP contribution in [0.5, 0.6) is 0 Å². The number of carboxylic acids is 1. The van der Waals surface area contributed by atoms with Crippen molar-refractivity contribution in [2.24, 2.45) is 17.8 Å². The van der Waals surface area contributed by atoms with Gasteiger partial charge in [-0.1, -0.05) is 27.7 Å². The molecule has 3 nitrogen and oxygen atoms in total. The fraction of sp³-hybridized carbons (Fsp3) is 0.938. The normalized spacial score (nSPS) is 24.4. The Bertz CT molecular complexity index is 258. The van der Waals surface area contributed by atoms with Crippen LogP contribution in [0.15, 0.2) is 0 Å². The van der Waals surface area contributed by atoms with E-state index >= 15 is 0 Å². The second kappa shape index (κ2) is 7.88. The van der Waals surface area contributed by atoms with Gasteiger partial charge >= 0.3 is 5.97 Å². The molecule has 3 heteroatoms. The van der Waals surface area contributed by atoms with Gasteiger partial charge in [-0.3, -0.25) is 4.79 Å². The highest BCUT2D eigenvalue weighted by atomic mass is 16.4. The summed E-state index contributed by atoms with van der Waals surface area (Å²) in [6.07, 6.45) is 6.15. The third-order valence-electron chi connectivity index (χ3n) is 4.06. The monoisotopic (exact) mass is 269 g/mol. The number of aliphatic carboxylic acids is 1. The summed E-state index contributed by atoms with van der Waals surface area (Å²) in [5.74, 6) is 0.712. The molecule has 0 radical (unpaired) electrons. The first-order chi connectivity index (χ1) is 8.88. The second-order valence-electron chi connectivity index (χ2n) is 7.01. The van der Waals surface area contributed by atoms with E-state index in [2.05, 4.69) is 33.0 Å². The lowest BCUT2D eigenvalue weighted by atomic mass is 9.85. The molecule has 0 aliphatic heterocycles. The van der Waals surface area contributed by atoms with Crippen molar-refractivity contribution in [1.29, 1.82) is 0 Å². The first-order valence-electron chi connectivity index (χ1n) is 7.87. The largest absolute Gasteiger partial charge is 0.481 e. The summed E-state index contributed by atoms with van der Waals surface area (Å²) in [5.41, 5.74) is 0. The lowest BCUT2D eigenvalue weighted by Gasteiger charge is -2.32. The highest BCUT2D eigenvalue weighted by molar-refractivity contribution is 5.70. The van der Waals surface area contributed by atoms with Crippen molar-refractivity contribution >= 4 is 5.97 Å². The number of carboxylic acid groups (broad SMARTS) is 1. The van der Waals surface area contributed by atoms with E-state index in [1.54, 1.807) is 0 Å². The van der Waals surface area contributed by atoms with E-state index in [-0.39, 0.29) is 5.92 Å². The topological polar surface area (TPSA) is 49.3 Å². The van der Waals surface area contributed by atoms with Crippen LogP contribution in [0.25, 0.3) is 0 Å². The van der Waals surface area contributed by atoms with Crippen LogP contribution in [-0.2, 0) is 4.79 Å². The fourth-order valence-electron chi connectivity index (χ4n) is 3.21. The van der Waals surface area contributed by atoms with E-state index in [0.717, 1.165) is 25.7 Å². The maximum absolute atomic E-state index is 11.0. The maximum atomic E-state index is 11.0. The lowest BCUT2D eigenvalue weighted by molar-refractivity contribution is -0.142. The van der Waals surface area contributed by atoms with Gasteiger partial charge in [0.2, 0.25) is 0 Å². The van der Waals surface area contributed by atoms with Crippen molar-refractivity contribution in [1.82, 2.24) is 5.32 Å². The number of hydrogen-bond donors (Lipinski definition) is 2. The molecule has 0 unspecified atom stereocenters. The molecule has 0 aromatic rings. The third-order valence-corrected chi connectivity index (χ3v) is 4.06. The lowest BCUT2D eigenvalue weighted by Crippen LogP contribution is -2.42. The summed E-state index contributed by atoms with van der Waals surface area (Å²) >= 11 is 0. The zero-order valence-corrected chi connectivity index (χ0v) is 13.0. The third kappa shape index (κ3) is 6.42. The van der Waals surface area contributed by atoms with Crippen LogP contribution in [0.1, 0.15) is 66.2 Å². The standard InChI is InChI=1S/C16H31NO2/c1-11(2)9-15(10-12(3)4)17-14-7-5-13(6-8-14)16(18)19/h11-15,17H,5-10H2,1-4H3,(H,18,19). The Morgan fingerprint density at radius 2 is 1.53 bits per heavy atom. The number of carbonyl (C=O) groups is 1. The molecule has 0 bridgehead atoms. The molecule has 0 heterocycles. The molecule has 0 aromatic carbocycles. The van der Waals surface area contributed by atoms with E-state index < -0.39 is 5.97 Å². The molecule has 1 saturated carbocycles. The molecule has 0 saturated heterocycles. The van der Waals surface area contributed by atoms with E-state index in [1.807, 2.05) is 0 Å². The van der Waals surface area contributed by atoms with Crippen LogP contribution in [0.3, 0.4) is 0 Å². The molecule has 0 aromatic heterocycles. The Morgan fingerprint density at radius 1 is 1.05 bits per heavy atom. The van der Waals surface area contributed by atoms with Gasteiger partial charge in [-0.25, -0.2) is 0 Å². The van der Waals surface area contributed by atoms with Crippen LogP contribution >= 0.6 is 0 Å². The van der Waals surface area contributed by atoms with Crippen molar-refractivity contribution in [3.05, 3.63) is 0 Å². The van der Waals surface area contributed by atoms with E-state index in [4.69, 9.17) is 5.11 Å². The van der Waals surface area contributed by atoms with Gasteiger partial charge in [-0.05, 0) is 50.4 Å². The van der Waals surface area contributed by atoms with Gasteiger partial charge in [0.1, 0.15) is 0 Å². The average molecular weight is 269 g/mol. The molecule has 1 fully saturated rings. The quantitative estimate of drug-likeness (QED) is 0.741. The minimum atomic E-state index is -0.612. The summed E-state index contributed by atoms with van der Waals surface area (Å²) in [5, 5.41) is 12.8. The van der Waals surface area contributed by atoms with Gasteiger partial charge in [0, 0.05) is 12.1 Å². The highest BCUT2D eigenvalue weighted by Crippen LogP contribution is 2.26. The molecule has 0 amide bonds. The molecular formula is C16H31NO2. The summed E-state index contributed by atoms with van der Waals surface area (Å²) in [7, 11) is 0. The molecule has 1 rings (SSSR count). The van der Waals surface area contributed by atoms with Gasteiger partial charge in [0.05, 0.1) is 5.92 Å². The molecular weight excluding hydrogens is 238 g/mol. The smallest absolute Gasteiger partial charge is 0.306 e. The van der Waals surface area contributed by atoms with Crippen LogP contribution < -0.4 is 5.32 Å². The van der Waals surface area contributed by atoms with Crippen molar-refractivity contribution in [2.75, 3.05) is 0 Å². The number of nitrogens with one attached hydrogen (secondary N) is 1. The molecule has 1 aliphatic carbocycles. The van der Waals surface area contributed by atoms with Gasteiger partial charge < -0.3 is 10.4 Å². The zero-order chi connectivity index (χ0) is 14.4. The maximum Gasteiger partial charge on any atom is 0.306 e. The minimum absolute atomic E-state index is 0.105. The Balaban J connectivity index is 2.40. The average Bonchev–Trinajstić information content (AvgIpc) is 2.27. The molecule has 19 heavy (non-hydrogen) atoms. The fourth-order valence-corrected chi connectivity index (χ4v) is 3.21. The van der Waals surface area contributed by atoms with Gasteiger partial charge in [-0.2, -0.15) is 0 Å². The molecule has 0 spiro atoms. The number of hydrogen-bond acceptors (Lipinski definition) is 2. The second-order valence-corrected chi connectivity index (χ2v) is 7.01. The van der Waals surface area contributed by atoms with Crippen molar-refractivity contribution in [3.8, 4) is 0 Å². The highest BCUT2D eigenvalue weighted by Gasteiger charge is 2.27. The summed E-state index contributed by atoms with van der Waals surface area (Å²) in [6, 6.07) is 1.12. The van der Waals surface area contributed by atoms with E-state index in [0.29, 0.717) is 23.9 Å². The van der Waals surface area contributed by atoms with Gasteiger partial charge in [-0.15, -0.1) is 0 Å². The Labute approximate surface area is 118 Å². The molecule has 2 N–H and O–H groups in total. The summed E-state index contributed by atoms with van der Waals surface area (Å²) < 4.78 is 0. The molecule has 1 aliphatic rings. The van der Waals surface area contributed by atoms with Crippen LogP contribution in [0.2, 0.25) is 0 Å². The summed E-state index contributed by atoms with van der Waals surface area (Å²) in [4.78, 5) is 11.0. The van der Waals surface area contributed by atoms with E-state index in [9.17, 15) is 4.79 Å². The first kappa shape index (κ1) is 16.5. The SMILES string of the molecule is CC(C)CC(CC(C)C)NC1CCC(C(=O)O)CC1. The van der Waals surface area contributed by atoms with Crippen molar-refractivity contribution < 1.29 is 9.90 Å². The zero-order valence-electron chi connectivity index (χ0n) is 13.0. The van der Waals surface area contributed by atoms with Crippen LogP contribution in [-0.4, -0.2) is 23.2 Å². The van der Waals surface area contributed by atoms with Crippen LogP contribution in [0.4, 0.5) is 0 Å². The molecule has 0 atom stereocenters. The minimum Gasteiger partial charge on any atom is -0.481 e. The van der Waals surface area contributed by atoms with Gasteiger partial charge in [0.25, 0.3) is 0 Å². The molecule has 112 valence electrons. The Hall–Kier alpha value is -0.570. The summed E-state index contributed by atoms with van der Waals surface area (Å²) in [6.45, 7) is 9.10. The van der Waals surface area contributed by atoms with Crippen LogP contribution in [0, 0.1) is 17.8 Å². The Morgan fingerprint density at radius 3 is 1.89 bits per heavy atom. The van der Waals surface area contributed by atoms with Crippen molar-refractivity contribution in [2.45, 2.75) is 78.3 Å². The Kier molecular flexibility index (Phi) is 6.84. The number of rotatable bonds is 7. The van der Waals surface area contributed by atoms with E-state index in [1.165, 1.54) is 12.8 Å². The predicted molar refractivity (Wildman–Crippen MR) is 79.2 cm³/mol.